The van der Waals surface area contributed by atoms with Crippen molar-refractivity contribution in [1.82, 2.24) is 9.97 Å². The second-order valence-corrected chi connectivity index (χ2v) is 6.40. The number of aromatic nitrogens is 2. The molecule has 96 valence electrons. The zero-order valence-electron chi connectivity index (χ0n) is 9.53. The first-order chi connectivity index (χ1) is 8.32. The maximum Gasteiger partial charge on any atom is 0.198 e. The zero-order valence-corrected chi connectivity index (χ0v) is 11.9. The lowest BCUT2D eigenvalue weighted by Gasteiger charge is -2.08. The molecule has 0 aliphatic rings. The Hall–Kier alpha value is -1.11. The van der Waals surface area contributed by atoms with Crippen molar-refractivity contribution in [3.05, 3.63) is 22.2 Å². The highest BCUT2D eigenvalue weighted by molar-refractivity contribution is 7.90. The molecule has 2 rings (SSSR count). The van der Waals surface area contributed by atoms with E-state index < -0.39 is 9.84 Å². The number of fused-ring (bicyclic) bond motifs is 1. The summed E-state index contributed by atoms with van der Waals surface area (Å²) in [5.74, 6) is 0.184. The van der Waals surface area contributed by atoms with E-state index in [2.05, 4.69) is 15.3 Å². The predicted molar refractivity (Wildman–Crippen MR) is 72.2 cm³/mol. The van der Waals surface area contributed by atoms with Gasteiger partial charge in [-0.3, -0.25) is 0 Å². The summed E-state index contributed by atoms with van der Waals surface area (Å²) in [6.07, 6.45) is 1.07. The summed E-state index contributed by atoms with van der Waals surface area (Å²) in [6, 6.07) is 3.03. The van der Waals surface area contributed by atoms with Crippen LogP contribution in [0.15, 0.2) is 17.2 Å². The van der Waals surface area contributed by atoms with Crippen LogP contribution in [0.3, 0.4) is 0 Å². The molecule has 0 aliphatic carbocycles. The minimum absolute atomic E-state index is 0.115. The third-order valence-electron chi connectivity index (χ3n) is 2.26. The molecule has 8 heteroatoms. The number of hydrogen-bond donors (Lipinski definition) is 1. The Morgan fingerprint density at radius 2 is 1.61 bits per heavy atom. The molecule has 0 amide bonds. The topological polar surface area (TPSA) is 72.0 Å². The first-order valence-electron chi connectivity index (χ1n) is 4.87. The molecule has 0 bridgehead atoms. The van der Waals surface area contributed by atoms with Crippen molar-refractivity contribution in [2.75, 3.05) is 18.6 Å². The van der Waals surface area contributed by atoms with Crippen LogP contribution < -0.4 is 5.32 Å². The Labute approximate surface area is 114 Å². The second kappa shape index (κ2) is 4.53. The lowest BCUT2D eigenvalue weighted by atomic mass is 10.3. The van der Waals surface area contributed by atoms with Gasteiger partial charge in [-0.05, 0) is 12.1 Å². The number of rotatable bonds is 2. The van der Waals surface area contributed by atoms with Crippen LogP contribution in [0.4, 0.5) is 5.82 Å². The van der Waals surface area contributed by atoms with Crippen molar-refractivity contribution in [2.24, 2.45) is 0 Å². The van der Waals surface area contributed by atoms with Crippen LogP contribution in [-0.4, -0.2) is 31.7 Å². The standard InChI is InChI=1S/C10H9Cl2N3O2S/c1-13-9-10(18(2,16)17)15-8-4-6(12)5(11)3-7(8)14-9/h3-4H,1-2H3,(H,13,14). The van der Waals surface area contributed by atoms with Crippen LogP contribution in [0.2, 0.25) is 10.0 Å². The molecule has 5 nitrogen and oxygen atoms in total. The van der Waals surface area contributed by atoms with Crippen molar-refractivity contribution in [1.29, 1.82) is 0 Å². The summed E-state index contributed by atoms with van der Waals surface area (Å²) < 4.78 is 23.2. The van der Waals surface area contributed by atoms with Gasteiger partial charge in [-0.2, -0.15) is 0 Å². The zero-order chi connectivity index (χ0) is 13.5. The lowest BCUT2D eigenvalue weighted by Crippen LogP contribution is -2.08. The molecule has 1 aromatic carbocycles. The summed E-state index contributed by atoms with van der Waals surface area (Å²) >= 11 is 11.7. The Kier molecular flexibility index (Phi) is 3.35. The van der Waals surface area contributed by atoms with E-state index in [-0.39, 0.29) is 10.8 Å². The predicted octanol–water partition coefficient (Wildman–Crippen LogP) is 2.38. The summed E-state index contributed by atoms with van der Waals surface area (Å²) in [5.41, 5.74) is 0.852. The van der Waals surface area contributed by atoms with Gasteiger partial charge in [-0.25, -0.2) is 18.4 Å². The normalized spacial score (nSPS) is 11.8. The van der Waals surface area contributed by atoms with Crippen LogP contribution in [0, 0.1) is 0 Å². The molecule has 1 aromatic heterocycles. The number of hydrogen-bond acceptors (Lipinski definition) is 5. The van der Waals surface area contributed by atoms with Crippen LogP contribution in [-0.2, 0) is 9.84 Å². The number of nitrogens with zero attached hydrogens (tertiary/aromatic N) is 2. The van der Waals surface area contributed by atoms with Crippen LogP contribution >= 0.6 is 23.2 Å². The Balaban J connectivity index is 2.86. The van der Waals surface area contributed by atoms with E-state index in [0.717, 1.165) is 6.26 Å². The highest BCUT2D eigenvalue weighted by Gasteiger charge is 2.18. The summed E-state index contributed by atoms with van der Waals surface area (Å²) in [7, 11) is -1.90. The fourth-order valence-electron chi connectivity index (χ4n) is 1.46. The van der Waals surface area contributed by atoms with Gasteiger partial charge in [-0.1, -0.05) is 23.2 Å². The number of halogens is 2. The molecule has 18 heavy (non-hydrogen) atoms. The molecule has 0 fully saturated rings. The monoisotopic (exact) mass is 305 g/mol. The fourth-order valence-corrected chi connectivity index (χ4v) is 2.54. The average molecular weight is 306 g/mol. The minimum Gasteiger partial charge on any atom is -0.371 e. The first-order valence-corrected chi connectivity index (χ1v) is 7.52. The van der Waals surface area contributed by atoms with Crippen LogP contribution in [0.5, 0.6) is 0 Å². The van der Waals surface area contributed by atoms with E-state index in [1.54, 1.807) is 13.1 Å². The molecule has 1 N–H and O–H groups in total. The Morgan fingerprint density at radius 3 is 2.06 bits per heavy atom. The highest BCUT2D eigenvalue weighted by atomic mass is 35.5. The Bertz CT molecular complexity index is 731. The largest absolute Gasteiger partial charge is 0.371 e. The van der Waals surface area contributed by atoms with Gasteiger partial charge in [0.2, 0.25) is 0 Å². The fraction of sp³-hybridized carbons (Fsp3) is 0.200. The minimum atomic E-state index is -3.47. The van der Waals surface area contributed by atoms with Crippen LogP contribution in [0.25, 0.3) is 11.0 Å². The lowest BCUT2D eigenvalue weighted by molar-refractivity contribution is 0.598. The van der Waals surface area contributed by atoms with Gasteiger partial charge >= 0.3 is 0 Å². The quantitative estimate of drug-likeness (QED) is 0.922. The van der Waals surface area contributed by atoms with E-state index in [4.69, 9.17) is 23.2 Å². The molecule has 2 aromatic rings. The number of sulfone groups is 1. The number of benzene rings is 1. The second-order valence-electron chi connectivity index (χ2n) is 3.65. The van der Waals surface area contributed by atoms with Crippen molar-refractivity contribution < 1.29 is 8.42 Å². The van der Waals surface area contributed by atoms with Gasteiger partial charge in [-0.15, -0.1) is 0 Å². The molecule has 0 radical (unpaired) electrons. The third-order valence-corrected chi connectivity index (χ3v) is 3.97. The molecular weight excluding hydrogens is 297 g/mol. The van der Waals surface area contributed by atoms with E-state index in [0.29, 0.717) is 21.1 Å². The van der Waals surface area contributed by atoms with Gasteiger partial charge in [0.1, 0.15) is 0 Å². The highest BCUT2D eigenvalue weighted by Crippen LogP contribution is 2.28. The van der Waals surface area contributed by atoms with E-state index in [1.165, 1.54) is 6.07 Å². The molecular formula is C10H9Cl2N3O2S. The van der Waals surface area contributed by atoms with Crippen molar-refractivity contribution in [2.45, 2.75) is 5.03 Å². The van der Waals surface area contributed by atoms with Crippen molar-refractivity contribution in [3.8, 4) is 0 Å². The molecule has 0 saturated carbocycles. The van der Waals surface area contributed by atoms with Gasteiger partial charge in [0.25, 0.3) is 0 Å². The van der Waals surface area contributed by atoms with Crippen molar-refractivity contribution >= 4 is 49.9 Å². The van der Waals surface area contributed by atoms with E-state index in [1.807, 2.05) is 0 Å². The van der Waals surface area contributed by atoms with E-state index in [9.17, 15) is 8.42 Å². The van der Waals surface area contributed by atoms with Gasteiger partial charge in [0.05, 0.1) is 21.1 Å². The Morgan fingerprint density at radius 1 is 1.11 bits per heavy atom. The molecule has 0 spiro atoms. The molecule has 0 unspecified atom stereocenters. The van der Waals surface area contributed by atoms with Gasteiger partial charge in [0.15, 0.2) is 20.7 Å². The average Bonchev–Trinajstić information content (AvgIpc) is 2.28. The maximum absolute atomic E-state index is 11.6. The van der Waals surface area contributed by atoms with Gasteiger partial charge < -0.3 is 5.32 Å². The smallest absolute Gasteiger partial charge is 0.198 e. The summed E-state index contributed by atoms with van der Waals surface area (Å²) in [6.45, 7) is 0. The van der Waals surface area contributed by atoms with Gasteiger partial charge in [0, 0.05) is 13.3 Å². The first kappa shape index (κ1) is 13.3. The number of nitrogens with one attached hydrogen (secondary N) is 1. The SMILES string of the molecule is CNc1nc2cc(Cl)c(Cl)cc2nc1S(C)(=O)=O. The summed E-state index contributed by atoms with van der Waals surface area (Å²) in [5, 5.41) is 3.23. The van der Waals surface area contributed by atoms with E-state index >= 15 is 0 Å². The summed E-state index contributed by atoms with van der Waals surface area (Å²) in [4.78, 5) is 8.23. The number of anilines is 1. The molecule has 1 heterocycles. The molecule has 0 aliphatic heterocycles. The maximum atomic E-state index is 11.6. The molecule has 0 saturated heterocycles. The molecule has 0 atom stereocenters. The van der Waals surface area contributed by atoms with Crippen LogP contribution in [0.1, 0.15) is 0 Å². The third kappa shape index (κ3) is 2.36. The van der Waals surface area contributed by atoms with Crippen molar-refractivity contribution in [3.63, 3.8) is 0 Å².